The van der Waals surface area contributed by atoms with Crippen LogP contribution in [0.1, 0.15) is 66.9 Å². The fraction of sp³-hybridized carbons (Fsp3) is 0.765. The van der Waals surface area contributed by atoms with Gasteiger partial charge in [-0.3, -0.25) is 4.79 Å². The van der Waals surface area contributed by atoms with Gasteiger partial charge in [0, 0.05) is 23.9 Å². The van der Waals surface area contributed by atoms with Crippen LogP contribution in [0.2, 0.25) is 0 Å². The smallest absolute Gasteiger partial charge is 0.239 e. The molecule has 22 heavy (non-hydrogen) atoms. The standard InChI is InChI=1S/C17H27N3OS/c1-2-6-13(18)17(21)20-10-5-7-12(11-20)16-19-14-8-3-4-9-15(14)22-16/h12-13H,2-11,18H2,1H3. The van der Waals surface area contributed by atoms with Gasteiger partial charge in [-0.15, -0.1) is 11.3 Å². The average molecular weight is 321 g/mol. The van der Waals surface area contributed by atoms with Crippen LogP contribution in [0.3, 0.4) is 0 Å². The number of nitrogens with zero attached hydrogens (tertiary/aromatic N) is 2. The Balaban J connectivity index is 1.67. The van der Waals surface area contributed by atoms with Gasteiger partial charge in [-0.25, -0.2) is 4.98 Å². The lowest BCUT2D eigenvalue weighted by molar-refractivity contribution is -0.134. The summed E-state index contributed by atoms with van der Waals surface area (Å²) in [6.45, 7) is 3.74. The highest BCUT2D eigenvalue weighted by Crippen LogP contribution is 2.34. The first kappa shape index (κ1) is 15.9. The van der Waals surface area contributed by atoms with Crippen molar-refractivity contribution >= 4 is 17.2 Å². The minimum absolute atomic E-state index is 0.132. The van der Waals surface area contributed by atoms with E-state index < -0.39 is 0 Å². The molecule has 2 unspecified atom stereocenters. The molecule has 0 saturated carbocycles. The molecule has 4 nitrogen and oxygen atoms in total. The molecule has 1 aromatic heterocycles. The van der Waals surface area contributed by atoms with Crippen LogP contribution in [0.25, 0.3) is 0 Å². The number of nitrogens with two attached hydrogens (primary N) is 1. The fourth-order valence-electron chi connectivity index (χ4n) is 3.59. The highest BCUT2D eigenvalue weighted by Gasteiger charge is 2.30. The number of aryl methyl sites for hydroxylation is 2. The summed E-state index contributed by atoms with van der Waals surface area (Å²) < 4.78 is 0. The summed E-state index contributed by atoms with van der Waals surface area (Å²) in [7, 11) is 0. The number of hydrogen-bond donors (Lipinski definition) is 1. The quantitative estimate of drug-likeness (QED) is 0.927. The van der Waals surface area contributed by atoms with Gasteiger partial charge >= 0.3 is 0 Å². The SMILES string of the molecule is CCCC(N)C(=O)N1CCCC(c2nc3c(s2)CCCC3)C1. The van der Waals surface area contributed by atoms with E-state index in [0.29, 0.717) is 5.92 Å². The largest absolute Gasteiger partial charge is 0.341 e. The Hall–Kier alpha value is -0.940. The number of hydrogen-bond acceptors (Lipinski definition) is 4. The van der Waals surface area contributed by atoms with E-state index in [0.717, 1.165) is 45.2 Å². The van der Waals surface area contributed by atoms with Crippen LogP contribution in [0.15, 0.2) is 0 Å². The molecular formula is C17H27N3OS. The Morgan fingerprint density at radius 2 is 2.23 bits per heavy atom. The van der Waals surface area contributed by atoms with E-state index in [-0.39, 0.29) is 11.9 Å². The number of carbonyl (C=O) groups is 1. The number of carbonyl (C=O) groups excluding carboxylic acids is 1. The molecule has 1 saturated heterocycles. The van der Waals surface area contributed by atoms with E-state index in [1.807, 2.05) is 16.2 Å². The van der Waals surface area contributed by atoms with Gasteiger partial charge in [0.25, 0.3) is 0 Å². The number of amides is 1. The van der Waals surface area contributed by atoms with Crippen molar-refractivity contribution < 1.29 is 4.79 Å². The second kappa shape index (κ2) is 7.09. The molecule has 0 spiro atoms. The zero-order chi connectivity index (χ0) is 15.5. The number of fused-ring (bicyclic) bond motifs is 1. The van der Waals surface area contributed by atoms with Crippen LogP contribution >= 0.6 is 11.3 Å². The van der Waals surface area contributed by atoms with Crippen molar-refractivity contribution in [1.82, 2.24) is 9.88 Å². The summed E-state index contributed by atoms with van der Waals surface area (Å²) in [6, 6.07) is -0.326. The second-order valence-corrected chi connectivity index (χ2v) is 7.76. The van der Waals surface area contributed by atoms with Crippen LogP contribution in [0, 0.1) is 0 Å². The molecule has 1 fully saturated rings. The molecule has 3 rings (SSSR count). The molecule has 2 heterocycles. The molecular weight excluding hydrogens is 294 g/mol. The minimum atomic E-state index is -0.326. The Kier molecular flexibility index (Phi) is 5.14. The van der Waals surface area contributed by atoms with Crippen LogP contribution in [0.4, 0.5) is 0 Å². The lowest BCUT2D eigenvalue weighted by atomic mass is 9.97. The van der Waals surface area contributed by atoms with Gasteiger partial charge in [0.1, 0.15) is 0 Å². The summed E-state index contributed by atoms with van der Waals surface area (Å²) in [6.07, 6.45) is 8.88. The zero-order valence-electron chi connectivity index (χ0n) is 13.5. The fourth-order valence-corrected chi connectivity index (χ4v) is 4.87. The van der Waals surface area contributed by atoms with Crippen LogP contribution in [-0.4, -0.2) is 34.9 Å². The summed E-state index contributed by atoms with van der Waals surface area (Å²) in [5, 5.41) is 1.26. The van der Waals surface area contributed by atoms with Crippen molar-refractivity contribution in [3.8, 4) is 0 Å². The maximum Gasteiger partial charge on any atom is 0.239 e. The number of likely N-dealkylation sites (tertiary alicyclic amines) is 1. The molecule has 122 valence electrons. The molecule has 1 aliphatic heterocycles. The van der Waals surface area contributed by atoms with Crippen molar-refractivity contribution in [3.63, 3.8) is 0 Å². The predicted molar refractivity (Wildman–Crippen MR) is 90.2 cm³/mol. The maximum absolute atomic E-state index is 12.4. The van der Waals surface area contributed by atoms with Gasteiger partial charge in [0.15, 0.2) is 0 Å². The van der Waals surface area contributed by atoms with E-state index in [1.165, 1.54) is 34.8 Å². The van der Waals surface area contributed by atoms with Crippen LogP contribution in [-0.2, 0) is 17.6 Å². The lowest BCUT2D eigenvalue weighted by Gasteiger charge is -2.33. The summed E-state index contributed by atoms with van der Waals surface area (Å²) >= 11 is 1.89. The first-order valence-corrected chi connectivity index (χ1v) is 9.53. The first-order valence-electron chi connectivity index (χ1n) is 8.72. The number of rotatable bonds is 4. The summed E-state index contributed by atoms with van der Waals surface area (Å²) in [5.41, 5.74) is 7.35. The molecule has 1 aromatic rings. The molecule has 0 aromatic carbocycles. The van der Waals surface area contributed by atoms with Crippen LogP contribution in [0.5, 0.6) is 0 Å². The van der Waals surface area contributed by atoms with Crippen molar-refractivity contribution in [2.24, 2.45) is 5.73 Å². The first-order chi connectivity index (χ1) is 10.7. The van der Waals surface area contributed by atoms with Crippen molar-refractivity contribution in [1.29, 1.82) is 0 Å². The molecule has 2 aliphatic rings. The molecule has 0 bridgehead atoms. The molecule has 0 radical (unpaired) electrons. The maximum atomic E-state index is 12.4. The minimum Gasteiger partial charge on any atom is -0.341 e. The van der Waals surface area contributed by atoms with E-state index in [2.05, 4.69) is 6.92 Å². The molecule has 1 amide bonds. The van der Waals surface area contributed by atoms with Gasteiger partial charge in [0.2, 0.25) is 5.91 Å². The van der Waals surface area contributed by atoms with Gasteiger partial charge in [-0.1, -0.05) is 13.3 Å². The molecule has 5 heteroatoms. The topological polar surface area (TPSA) is 59.2 Å². The monoisotopic (exact) mass is 321 g/mol. The van der Waals surface area contributed by atoms with E-state index >= 15 is 0 Å². The van der Waals surface area contributed by atoms with Crippen molar-refractivity contribution in [2.45, 2.75) is 70.3 Å². The molecule has 1 aliphatic carbocycles. The van der Waals surface area contributed by atoms with Crippen molar-refractivity contribution in [2.75, 3.05) is 13.1 Å². The van der Waals surface area contributed by atoms with E-state index in [9.17, 15) is 4.79 Å². The number of thiazole rings is 1. The summed E-state index contributed by atoms with van der Waals surface area (Å²) in [5.74, 6) is 0.551. The lowest BCUT2D eigenvalue weighted by Crippen LogP contribution is -2.47. The Bertz CT molecular complexity index is 504. The summed E-state index contributed by atoms with van der Waals surface area (Å²) in [4.78, 5) is 20.8. The van der Waals surface area contributed by atoms with E-state index in [1.54, 1.807) is 0 Å². The normalized spacial score (nSPS) is 23.2. The van der Waals surface area contributed by atoms with Gasteiger partial charge in [-0.2, -0.15) is 0 Å². The third-order valence-corrected chi connectivity index (χ3v) is 6.18. The van der Waals surface area contributed by atoms with Gasteiger partial charge < -0.3 is 10.6 Å². The number of aromatic nitrogens is 1. The Labute approximate surface area is 137 Å². The van der Waals surface area contributed by atoms with Gasteiger partial charge in [-0.05, 0) is 44.9 Å². The molecule has 2 N–H and O–H groups in total. The van der Waals surface area contributed by atoms with Crippen LogP contribution < -0.4 is 5.73 Å². The third kappa shape index (κ3) is 3.35. The highest BCUT2D eigenvalue weighted by atomic mass is 32.1. The van der Waals surface area contributed by atoms with Gasteiger partial charge in [0.05, 0.1) is 16.7 Å². The predicted octanol–water partition coefficient (Wildman–Crippen LogP) is 2.86. The highest BCUT2D eigenvalue weighted by molar-refractivity contribution is 7.11. The Morgan fingerprint density at radius 3 is 3.00 bits per heavy atom. The number of piperidine rings is 1. The second-order valence-electron chi connectivity index (χ2n) is 6.65. The van der Waals surface area contributed by atoms with Crippen molar-refractivity contribution in [3.05, 3.63) is 15.6 Å². The zero-order valence-corrected chi connectivity index (χ0v) is 14.3. The van der Waals surface area contributed by atoms with E-state index in [4.69, 9.17) is 10.7 Å². The molecule has 2 atom stereocenters. The Morgan fingerprint density at radius 1 is 1.41 bits per heavy atom. The third-order valence-electron chi connectivity index (χ3n) is 4.86. The average Bonchev–Trinajstić information content (AvgIpc) is 2.98.